The number of carbonyl (C=O) groups excluding carboxylic acids is 1. The molecule has 150 valence electrons. The number of benzene rings is 1. The standard InChI is InChI=1S/C21H35N5O/c1-4-23-21(25-16-19-11-6-7-14-26(19)5-2)24-13-12-17-9-8-10-18(15-17)20(27)22-3/h8-10,15,19H,4-7,11-14,16H2,1-3H3,(H,22,27)(H2,23,24,25). The normalized spacial score (nSPS) is 18.2. The number of hydrogen-bond donors (Lipinski definition) is 3. The summed E-state index contributed by atoms with van der Waals surface area (Å²) in [6, 6.07) is 8.33. The third kappa shape index (κ3) is 6.86. The van der Waals surface area contributed by atoms with Gasteiger partial charge in [0.15, 0.2) is 5.96 Å². The lowest BCUT2D eigenvalue weighted by Gasteiger charge is -2.33. The summed E-state index contributed by atoms with van der Waals surface area (Å²) in [5.41, 5.74) is 1.84. The molecular formula is C21H35N5O. The zero-order valence-corrected chi connectivity index (χ0v) is 17.1. The summed E-state index contributed by atoms with van der Waals surface area (Å²) in [6.45, 7) is 9.09. The Hall–Kier alpha value is -2.08. The van der Waals surface area contributed by atoms with Crippen LogP contribution < -0.4 is 16.0 Å². The molecule has 27 heavy (non-hydrogen) atoms. The van der Waals surface area contributed by atoms with Gasteiger partial charge in [-0.25, -0.2) is 0 Å². The molecule has 1 aliphatic heterocycles. The molecule has 2 rings (SSSR count). The lowest BCUT2D eigenvalue weighted by Crippen LogP contribution is -2.43. The lowest BCUT2D eigenvalue weighted by atomic mass is 10.0. The Morgan fingerprint density at radius 3 is 2.85 bits per heavy atom. The van der Waals surface area contributed by atoms with E-state index in [1.165, 1.54) is 25.8 Å². The molecule has 1 amide bonds. The van der Waals surface area contributed by atoms with E-state index in [1.54, 1.807) is 7.05 Å². The van der Waals surface area contributed by atoms with Crippen molar-refractivity contribution in [1.29, 1.82) is 0 Å². The van der Waals surface area contributed by atoms with Gasteiger partial charge in [-0.05, 0) is 57.0 Å². The van der Waals surface area contributed by atoms with Gasteiger partial charge in [0.25, 0.3) is 5.91 Å². The van der Waals surface area contributed by atoms with Crippen molar-refractivity contribution in [3.8, 4) is 0 Å². The molecule has 0 radical (unpaired) electrons. The third-order valence-corrected chi connectivity index (χ3v) is 5.08. The monoisotopic (exact) mass is 373 g/mol. The first kappa shape index (κ1) is 21.2. The van der Waals surface area contributed by atoms with E-state index >= 15 is 0 Å². The maximum Gasteiger partial charge on any atom is 0.251 e. The predicted octanol–water partition coefficient (Wildman–Crippen LogP) is 2.02. The van der Waals surface area contributed by atoms with Crippen LogP contribution in [0.1, 0.15) is 49.0 Å². The number of rotatable bonds is 8. The zero-order valence-electron chi connectivity index (χ0n) is 17.1. The summed E-state index contributed by atoms with van der Waals surface area (Å²) in [6.07, 6.45) is 4.70. The molecule has 0 bridgehead atoms. The molecule has 0 aliphatic carbocycles. The highest BCUT2D eigenvalue weighted by Gasteiger charge is 2.20. The molecule has 1 saturated heterocycles. The number of nitrogens with one attached hydrogen (secondary N) is 3. The van der Waals surface area contributed by atoms with E-state index in [0.29, 0.717) is 11.6 Å². The van der Waals surface area contributed by atoms with Crippen molar-refractivity contribution in [3.63, 3.8) is 0 Å². The molecule has 1 unspecified atom stereocenters. The minimum atomic E-state index is -0.0485. The Morgan fingerprint density at radius 1 is 1.26 bits per heavy atom. The fourth-order valence-electron chi connectivity index (χ4n) is 3.56. The topological polar surface area (TPSA) is 68.8 Å². The number of carbonyl (C=O) groups is 1. The van der Waals surface area contributed by atoms with Gasteiger partial charge in [0.1, 0.15) is 0 Å². The quantitative estimate of drug-likeness (QED) is 0.482. The molecule has 0 spiro atoms. The van der Waals surface area contributed by atoms with Crippen molar-refractivity contribution in [2.75, 3.05) is 39.8 Å². The van der Waals surface area contributed by atoms with Crippen molar-refractivity contribution in [1.82, 2.24) is 20.9 Å². The minimum absolute atomic E-state index is 0.0485. The highest BCUT2D eigenvalue weighted by atomic mass is 16.1. The van der Waals surface area contributed by atoms with Gasteiger partial charge in [-0.2, -0.15) is 0 Å². The highest BCUT2D eigenvalue weighted by molar-refractivity contribution is 5.94. The number of likely N-dealkylation sites (N-methyl/N-ethyl adjacent to an activating group) is 1. The number of hydrogen-bond acceptors (Lipinski definition) is 3. The van der Waals surface area contributed by atoms with Gasteiger partial charge in [-0.15, -0.1) is 0 Å². The Kier molecular flexibility index (Phi) is 9.11. The molecule has 1 atom stereocenters. The van der Waals surface area contributed by atoms with Crippen LogP contribution in [0.4, 0.5) is 0 Å². The number of likely N-dealkylation sites (tertiary alicyclic amines) is 1. The lowest BCUT2D eigenvalue weighted by molar-refractivity contribution is 0.0963. The van der Waals surface area contributed by atoms with Crippen LogP contribution in [0, 0.1) is 0 Å². The molecular weight excluding hydrogens is 338 g/mol. The van der Waals surface area contributed by atoms with Crippen molar-refractivity contribution >= 4 is 11.9 Å². The van der Waals surface area contributed by atoms with E-state index < -0.39 is 0 Å². The number of guanidine groups is 1. The van der Waals surface area contributed by atoms with E-state index in [4.69, 9.17) is 4.99 Å². The van der Waals surface area contributed by atoms with Crippen LogP contribution in [-0.4, -0.2) is 62.6 Å². The smallest absolute Gasteiger partial charge is 0.251 e. The van der Waals surface area contributed by atoms with Crippen LogP contribution in [0.5, 0.6) is 0 Å². The molecule has 1 aliphatic rings. The largest absolute Gasteiger partial charge is 0.357 e. The van der Waals surface area contributed by atoms with E-state index in [2.05, 4.69) is 40.8 Å². The average Bonchev–Trinajstić information content (AvgIpc) is 2.71. The first-order chi connectivity index (χ1) is 13.2. The van der Waals surface area contributed by atoms with Gasteiger partial charge in [0.05, 0.1) is 6.54 Å². The van der Waals surface area contributed by atoms with Crippen molar-refractivity contribution in [3.05, 3.63) is 35.4 Å². The zero-order chi connectivity index (χ0) is 19.5. The number of aliphatic imine (C=N–C) groups is 1. The maximum atomic E-state index is 11.8. The molecule has 6 heteroatoms. The second kappa shape index (κ2) is 11.6. The molecule has 1 aromatic rings. The van der Waals surface area contributed by atoms with Crippen molar-refractivity contribution in [2.24, 2.45) is 4.99 Å². The van der Waals surface area contributed by atoms with E-state index in [9.17, 15) is 4.79 Å². The summed E-state index contributed by atoms with van der Waals surface area (Å²) in [5.74, 6) is 0.828. The summed E-state index contributed by atoms with van der Waals surface area (Å²) >= 11 is 0. The first-order valence-corrected chi connectivity index (χ1v) is 10.2. The molecule has 0 aromatic heterocycles. The van der Waals surface area contributed by atoms with Gasteiger partial charge in [-0.3, -0.25) is 14.7 Å². The van der Waals surface area contributed by atoms with Crippen LogP contribution in [0.15, 0.2) is 29.3 Å². The molecule has 1 aromatic carbocycles. The van der Waals surface area contributed by atoms with Crippen molar-refractivity contribution < 1.29 is 4.79 Å². The Bertz CT molecular complexity index is 616. The summed E-state index contributed by atoms with van der Waals surface area (Å²) in [5, 5.41) is 9.43. The van der Waals surface area contributed by atoms with Gasteiger partial charge in [0, 0.05) is 31.7 Å². The average molecular weight is 374 g/mol. The SMILES string of the molecule is CCNC(=NCC1CCCCN1CC)NCCc1cccc(C(=O)NC)c1. The molecule has 3 N–H and O–H groups in total. The Morgan fingerprint density at radius 2 is 2.11 bits per heavy atom. The highest BCUT2D eigenvalue weighted by Crippen LogP contribution is 2.16. The maximum absolute atomic E-state index is 11.8. The van der Waals surface area contributed by atoms with Gasteiger partial charge in [-0.1, -0.05) is 25.5 Å². The first-order valence-electron chi connectivity index (χ1n) is 10.2. The molecule has 6 nitrogen and oxygen atoms in total. The number of amides is 1. The van der Waals surface area contributed by atoms with Gasteiger partial charge in [0.2, 0.25) is 0 Å². The van der Waals surface area contributed by atoms with Crippen LogP contribution in [-0.2, 0) is 6.42 Å². The summed E-state index contributed by atoms with van der Waals surface area (Å²) in [7, 11) is 1.65. The van der Waals surface area contributed by atoms with Gasteiger partial charge >= 0.3 is 0 Å². The molecule has 1 heterocycles. The third-order valence-electron chi connectivity index (χ3n) is 5.08. The van der Waals surface area contributed by atoms with Crippen LogP contribution in [0.25, 0.3) is 0 Å². The Balaban J connectivity index is 1.87. The van der Waals surface area contributed by atoms with Gasteiger partial charge < -0.3 is 16.0 Å². The fourth-order valence-corrected chi connectivity index (χ4v) is 3.56. The summed E-state index contributed by atoms with van der Waals surface area (Å²) < 4.78 is 0. The van der Waals surface area contributed by atoms with E-state index in [-0.39, 0.29) is 5.91 Å². The minimum Gasteiger partial charge on any atom is -0.357 e. The summed E-state index contributed by atoms with van der Waals surface area (Å²) in [4.78, 5) is 19.1. The van der Waals surface area contributed by atoms with Crippen LogP contribution in [0.3, 0.4) is 0 Å². The molecule has 1 fully saturated rings. The molecule has 0 saturated carbocycles. The van der Waals surface area contributed by atoms with Crippen LogP contribution in [0.2, 0.25) is 0 Å². The predicted molar refractivity (Wildman–Crippen MR) is 112 cm³/mol. The second-order valence-electron chi connectivity index (χ2n) is 6.95. The van der Waals surface area contributed by atoms with Crippen molar-refractivity contribution in [2.45, 2.75) is 45.6 Å². The van der Waals surface area contributed by atoms with Crippen LogP contribution >= 0.6 is 0 Å². The Labute approximate surface area is 163 Å². The van der Waals surface area contributed by atoms with E-state index in [1.807, 2.05) is 18.2 Å². The fraction of sp³-hybridized carbons (Fsp3) is 0.619. The van der Waals surface area contributed by atoms with E-state index in [0.717, 1.165) is 44.1 Å². The number of nitrogens with zero attached hydrogens (tertiary/aromatic N) is 2. The second-order valence-corrected chi connectivity index (χ2v) is 6.95. The number of piperidine rings is 1.